The zero-order chi connectivity index (χ0) is 19.9. The van der Waals surface area contributed by atoms with Crippen molar-refractivity contribution in [2.45, 2.75) is 19.8 Å². The van der Waals surface area contributed by atoms with Crippen molar-refractivity contribution >= 4 is 11.3 Å². The summed E-state index contributed by atoms with van der Waals surface area (Å²) < 4.78 is 12.1. The summed E-state index contributed by atoms with van der Waals surface area (Å²) in [6, 6.07) is 26.1. The second-order valence-corrected chi connectivity index (χ2v) is 7.51. The molecule has 0 radical (unpaired) electrons. The van der Waals surface area contributed by atoms with E-state index in [1.54, 1.807) is 11.3 Å². The van der Waals surface area contributed by atoms with E-state index in [0.29, 0.717) is 19.8 Å². The summed E-state index contributed by atoms with van der Waals surface area (Å²) in [7, 11) is 0. The molecule has 0 aliphatic rings. The third-order valence-electron chi connectivity index (χ3n) is 4.40. The predicted octanol–water partition coefficient (Wildman–Crippen LogP) is 5.43. The van der Waals surface area contributed by atoms with Crippen LogP contribution in [0, 0.1) is 0 Å². The van der Waals surface area contributed by atoms with Crippen molar-refractivity contribution in [2.24, 2.45) is 5.73 Å². The molecule has 4 nitrogen and oxygen atoms in total. The molecule has 2 N–H and O–H groups in total. The Hall–Kier alpha value is -3.15. The van der Waals surface area contributed by atoms with E-state index in [2.05, 4.69) is 4.98 Å². The van der Waals surface area contributed by atoms with Gasteiger partial charge in [-0.1, -0.05) is 60.7 Å². The third kappa shape index (κ3) is 5.22. The van der Waals surface area contributed by atoms with Crippen LogP contribution in [0.15, 0.2) is 84.2 Å². The SMILES string of the molecule is NCc1nc(-c2cc(OCc3ccccc3)cc(OCc3ccccc3)c2)cs1. The van der Waals surface area contributed by atoms with Crippen molar-refractivity contribution in [3.63, 3.8) is 0 Å². The lowest BCUT2D eigenvalue weighted by molar-refractivity contribution is 0.290. The second-order valence-electron chi connectivity index (χ2n) is 6.57. The smallest absolute Gasteiger partial charge is 0.124 e. The number of nitrogens with two attached hydrogens (primary N) is 1. The Morgan fingerprint density at radius 1 is 0.759 bits per heavy atom. The van der Waals surface area contributed by atoms with Crippen molar-refractivity contribution < 1.29 is 9.47 Å². The van der Waals surface area contributed by atoms with Crippen molar-refractivity contribution in [1.82, 2.24) is 4.98 Å². The Bertz CT molecular complexity index is 987. The molecule has 1 heterocycles. The minimum atomic E-state index is 0.437. The average Bonchev–Trinajstić information content (AvgIpc) is 3.27. The van der Waals surface area contributed by atoms with Crippen molar-refractivity contribution in [2.75, 3.05) is 0 Å². The highest BCUT2D eigenvalue weighted by molar-refractivity contribution is 7.09. The van der Waals surface area contributed by atoms with Crippen LogP contribution in [0.2, 0.25) is 0 Å². The van der Waals surface area contributed by atoms with E-state index in [1.165, 1.54) is 0 Å². The molecule has 146 valence electrons. The van der Waals surface area contributed by atoms with Crippen LogP contribution in [-0.2, 0) is 19.8 Å². The Morgan fingerprint density at radius 3 is 1.79 bits per heavy atom. The average molecular weight is 403 g/mol. The van der Waals surface area contributed by atoms with E-state index in [4.69, 9.17) is 15.2 Å². The highest BCUT2D eigenvalue weighted by atomic mass is 32.1. The molecule has 0 fully saturated rings. The summed E-state index contributed by atoms with van der Waals surface area (Å²) in [5, 5.41) is 2.92. The fraction of sp³-hybridized carbons (Fsp3) is 0.125. The lowest BCUT2D eigenvalue weighted by Crippen LogP contribution is -1.99. The van der Waals surface area contributed by atoms with Gasteiger partial charge in [-0.15, -0.1) is 11.3 Å². The van der Waals surface area contributed by atoms with E-state index in [9.17, 15) is 0 Å². The second kappa shape index (κ2) is 9.37. The van der Waals surface area contributed by atoms with E-state index in [1.807, 2.05) is 84.2 Å². The van der Waals surface area contributed by atoms with Gasteiger partial charge in [0, 0.05) is 23.6 Å². The van der Waals surface area contributed by atoms with Crippen molar-refractivity contribution in [1.29, 1.82) is 0 Å². The highest BCUT2D eigenvalue weighted by Crippen LogP contribution is 2.31. The zero-order valence-electron chi connectivity index (χ0n) is 16.0. The third-order valence-corrected chi connectivity index (χ3v) is 5.27. The molecule has 0 spiro atoms. The monoisotopic (exact) mass is 402 g/mol. The van der Waals surface area contributed by atoms with Crippen LogP contribution >= 0.6 is 11.3 Å². The van der Waals surface area contributed by atoms with Crippen molar-refractivity contribution in [3.8, 4) is 22.8 Å². The molecule has 0 aliphatic heterocycles. The Morgan fingerprint density at radius 2 is 1.31 bits per heavy atom. The topological polar surface area (TPSA) is 57.4 Å². The van der Waals surface area contributed by atoms with Gasteiger partial charge in [-0.05, 0) is 23.3 Å². The number of hydrogen-bond acceptors (Lipinski definition) is 5. The highest BCUT2D eigenvalue weighted by Gasteiger charge is 2.09. The largest absolute Gasteiger partial charge is 0.489 e. The molecule has 0 unspecified atom stereocenters. The molecule has 4 aromatic rings. The van der Waals surface area contributed by atoms with Gasteiger partial charge in [0.05, 0.1) is 5.69 Å². The maximum atomic E-state index is 6.05. The summed E-state index contributed by atoms with van der Waals surface area (Å²) in [5.74, 6) is 1.49. The maximum absolute atomic E-state index is 6.05. The van der Waals surface area contributed by atoms with Crippen LogP contribution in [0.5, 0.6) is 11.5 Å². The Labute approximate surface area is 174 Å². The lowest BCUT2D eigenvalue weighted by Gasteiger charge is -2.12. The first-order chi connectivity index (χ1) is 14.3. The number of ether oxygens (including phenoxy) is 2. The summed E-state index contributed by atoms with van der Waals surface area (Å²) in [5.41, 5.74) is 9.79. The molecule has 0 atom stereocenters. The first kappa shape index (κ1) is 19.2. The molecule has 0 amide bonds. The number of hydrogen-bond donors (Lipinski definition) is 1. The van der Waals surface area contributed by atoms with Gasteiger partial charge in [0.25, 0.3) is 0 Å². The van der Waals surface area contributed by atoms with Gasteiger partial charge in [-0.3, -0.25) is 0 Å². The van der Waals surface area contributed by atoms with Crippen LogP contribution in [0.25, 0.3) is 11.3 Å². The van der Waals surface area contributed by atoms with Crippen molar-refractivity contribution in [3.05, 3.63) is 100 Å². The molecule has 0 saturated heterocycles. The number of benzene rings is 3. The van der Waals surface area contributed by atoms with Crippen LogP contribution in [-0.4, -0.2) is 4.98 Å². The summed E-state index contributed by atoms with van der Waals surface area (Å²) in [6.45, 7) is 1.42. The fourth-order valence-corrected chi connectivity index (χ4v) is 3.59. The molecular formula is C24H22N2O2S. The van der Waals surface area contributed by atoms with Gasteiger partial charge in [0.15, 0.2) is 0 Å². The van der Waals surface area contributed by atoms with Gasteiger partial charge in [-0.2, -0.15) is 0 Å². The standard InChI is InChI=1S/C24H22N2O2S/c25-14-24-26-23(17-29-24)20-11-21(27-15-18-7-3-1-4-8-18)13-22(12-20)28-16-19-9-5-2-6-10-19/h1-13,17H,14-16,25H2. The molecule has 0 saturated carbocycles. The minimum Gasteiger partial charge on any atom is -0.489 e. The normalized spacial score (nSPS) is 10.7. The van der Waals surface area contributed by atoms with E-state index < -0.39 is 0 Å². The van der Waals surface area contributed by atoms with Crippen LogP contribution < -0.4 is 15.2 Å². The molecule has 5 heteroatoms. The lowest BCUT2D eigenvalue weighted by atomic mass is 10.1. The molecule has 4 rings (SSSR count). The Balaban J connectivity index is 1.57. The fourth-order valence-electron chi connectivity index (χ4n) is 2.91. The van der Waals surface area contributed by atoms with Crippen LogP contribution in [0.4, 0.5) is 0 Å². The molecular weight excluding hydrogens is 380 g/mol. The van der Waals surface area contributed by atoms with E-state index in [-0.39, 0.29) is 0 Å². The first-order valence-corrected chi connectivity index (χ1v) is 10.3. The molecule has 0 bridgehead atoms. The summed E-state index contributed by atoms with van der Waals surface area (Å²) >= 11 is 1.56. The van der Waals surface area contributed by atoms with Gasteiger partial charge >= 0.3 is 0 Å². The van der Waals surface area contributed by atoms with E-state index >= 15 is 0 Å². The molecule has 29 heavy (non-hydrogen) atoms. The summed E-state index contributed by atoms with van der Waals surface area (Å²) in [6.07, 6.45) is 0. The number of thiazole rings is 1. The minimum absolute atomic E-state index is 0.437. The van der Waals surface area contributed by atoms with Gasteiger partial charge in [0.2, 0.25) is 0 Å². The quantitative estimate of drug-likeness (QED) is 0.427. The van der Waals surface area contributed by atoms with E-state index in [0.717, 1.165) is 38.9 Å². The first-order valence-electron chi connectivity index (χ1n) is 9.43. The van der Waals surface area contributed by atoms with Crippen LogP contribution in [0.1, 0.15) is 16.1 Å². The van der Waals surface area contributed by atoms with Crippen LogP contribution in [0.3, 0.4) is 0 Å². The number of rotatable bonds is 8. The molecule has 3 aromatic carbocycles. The van der Waals surface area contributed by atoms with Gasteiger partial charge < -0.3 is 15.2 Å². The number of aromatic nitrogens is 1. The maximum Gasteiger partial charge on any atom is 0.124 e. The number of nitrogens with zero attached hydrogens (tertiary/aromatic N) is 1. The Kier molecular flexibility index (Phi) is 6.19. The zero-order valence-corrected chi connectivity index (χ0v) is 16.8. The predicted molar refractivity (Wildman–Crippen MR) is 117 cm³/mol. The van der Waals surface area contributed by atoms with Gasteiger partial charge in [-0.25, -0.2) is 4.98 Å². The molecule has 0 aliphatic carbocycles. The van der Waals surface area contributed by atoms with Gasteiger partial charge in [0.1, 0.15) is 29.7 Å². The summed E-state index contributed by atoms with van der Waals surface area (Å²) in [4.78, 5) is 4.60. The molecule has 1 aromatic heterocycles.